The van der Waals surface area contributed by atoms with Crippen LogP contribution in [0.25, 0.3) is 0 Å². The van der Waals surface area contributed by atoms with Crippen molar-refractivity contribution in [2.75, 3.05) is 0 Å². The Hall–Kier alpha value is -1.76. The normalized spacial score (nSPS) is 12.4. The SMILES string of the molecule is CC(Oc1ccccc1F)c1nnc(SCc2ccc(Cl)c(Cl)c2)n1C(C)C. The van der Waals surface area contributed by atoms with E-state index < -0.39 is 11.9 Å². The third kappa shape index (κ3) is 4.80. The molecule has 0 radical (unpaired) electrons. The molecule has 0 saturated heterocycles. The van der Waals surface area contributed by atoms with Crippen LogP contribution in [0.3, 0.4) is 0 Å². The standard InChI is InChI=1S/C20H20Cl2FN3OS/c1-12(2)26-19(13(3)27-18-7-5-4-6-17(18)23)24-25-20(26)28-11-14-8-9-15(21)16(22)10-14/h4-10,12-13H,11H2,1-3H3. The number of benzene rings is 2. The van der Waals surface area contributed by atoms with Crippen LogP contribution in [-0.4, -0.2) is 14.8 Å². The van der Waals surface area contributed by atoms with E-state index in [0.29, 0.717) is 21.6 Å². The summed E-state index contributed by atoms with van der Waals surface area (Å²) in [7, 11) is 0. The topological polar surface area (TPSA) is 39.9 Å². The Bertz CT molecular complexity index is 964. The van der Waals surface area contributed by atoms with Crippen molar-refractivity contribution >= 4 is 35.0 Å². The summed E-state index contributed by atoms with van der Waals surface area (Å²) in [5.41, 5.74) is 1.04. The van der Waals surface area contributed by atoms with Gasteiger partial charge < -0.3 is 9.30 Å². The molecule has 8 heteroatoms. The molecule has 0 aliphatic heterocycles. The van der Waals surface area contributed by atoms with Crippen molar-refractivity contribution in [2.45, 2.75) is 43.8 Å². The summed E-state index contributed by atoms with van der Waals surface area (Å²) >= 11 is 13.6. The molecular weight excluding hydrogens is 420 g/mol. The van der Waals surface area contributed by atoms with Gasteiger partial charge in [0.05, 0.1) is 10.0 Å². The van der Waals surface area contributed by atoms with E-state index in [0.717, 1.165) is 10.7 Å². The molecule has 1 unspecified atom stereocenters. The van der Waals surface area contributed by atoms with Crippen LogP contribution in [0.5, 0.6) is 5.75 Å². The van der Waals surface area contributed by atoms with Crippen LogP contribution in [0.1, 0.15) is 44.3 Å². The summed E-state index contributed by atoms with van der Waals surface area (Å²) in [5.74, 6) is 1.11. The van der Waals surface area contributed by atoms with Gasteiger partial charge >= 0.3 is 0 Å². The Morgan fingerprint density at radius 1 is 1.07 bits per heavy atom. The molecule has 3 aromatic rings. The predicted molar refractivity (Wildman–Crippen MR) is 112 cm³/mol. The van der Waals surface area contributed by atoms with E-state index in [1.54, 1.807) is 36.0 Å². The van der Waals surface area contributed by atoms with Gasteiger partial charge in [-0.3, -0.25) is 0 Å². The predicted octanol–water partition coefficient (Wildman–Crippen LogP) is 6.74. The third-order valence-electron chi connectivity index (χ3n) is 4.06. The Labute approximate surface area is 178 Å². The van der Waals surface area contributed by atoms with E-state index >= 15 is 0 Å². The lowest BCUT2D eigenvalue weighted by molar-refractivity contribution is 0.198. The van der Waals surface area contributed by atoms with E-state index in [2.05, 4.69) is 10.2 Å². The lowest BCUT2D eigenvalue weighted by Crippen LogP contribution is -2.14. The van der Waals surface area contributed by atoms with Gasteiger partial charge in [-0.1, -0.05) is 53.2 Å². The molecule has 28 heavy (non-hydrogen) atoms. The molecule has 1 atom stereocenters. The first-order valence-corrected chi connectivity index (χ1v) is 10.5. The van der Waals surface area contributed by atoms with Gasteiger partial charge in [0.1, 0.15) is 0 Å². The molecule has 0 N–H and O–H groups in total. The molecule has 1 heterocycles. The zero-order valence-corrected chi connectivity index (χ0v) is 18.0. The van der Waals surface area contributed by atoms with Gasteiger partial charge in [0.15, 0.2) is 28.7 Å². The summed E-state index contributed by atoms with van der Waals surface area (Å²) in [6.07, 6.45) is -0.453. The summed E-state index contributed by atoms with van der Waals surface area (Å²) in [6, 6.07) is 12.0. The number of ether oxygens (including phenoxy) is 1. The maximum Gasteiger partial charge on any atom is 0.191 e. The van der Waals surface area contributed by atoms with Crippen molar-refractivity contribution in [2.24, 2.45) is 0 Å². The second-order valence-corrected chi connectivity index (χ2v) is 8.29. The Morgan fingerprint density at radius 3 is 2.50 bits per heavy atom. The zero-order valence-electron chi connectivity index (χ0n) is 15.7. The lowest BCUT2D eigenvalue weighted by atomic mass is 10.2. The third-order valence-corrected chi connectivity index (χ3v) is 5.82. The molecule has 2 aromatic carbocycles. The van der Waals surface area contributed by atoms with Crippen LogP contribution in [0.15, 0.2) is 47.6 Å². The van der Waals surface area contributed by atoms with Crippen LogP contribution in [0.4, 0.5) is 4.39 Å². The first-order valence-electron chi connectivity index (χ1n) is 8.79. The fraction of sp³-hybridized carbons (Fsp3) is 0.300. The molecule has 1 aromatic heterocycles. The maximum absolute atomic E-state index is 13.9. The summed E-state index contributed by atoms with van der Waals surface area (Å²) < 4.78 is 21.7. The van der Waals surface area contributed by atoms with Gasteiger partial charge in [0.25, 0.3) is 0 Å². The van der Waals surface area contributed by atoms with Crippen LogP contribution in [0.2, 0.25) is 10.0 Å². The minimum Gasteiger partial charge on any atom is -0.480 e. The molecule has 0 amide bonds. The number of thioether (sulfide) groups is 1. The van der Waals surface area contributed by atoms with E-state index in [4.69, 9.17) is 27.9 Å². The Morgan fingerprint density at radius 2 is 1.82 bits per heavy atom. The summed E-state index contributed by atoms with van der Waals surface area (Å²) in [5, 5.41) is 10.4. The molecule has 0 aliphatic rings. The number of hydrogen-bond acceptors (Lipinski definition) is 4. The molecule has 0 spiro atoms. The van der Waals surface area contributed by atoms with Gasteiger partial charge in [0.2, 0.25) is 0 Å². The van der Waals surface area contributed by atoms with Gasteiger partial charge in [-0.25, -0.2) is 4.39 Å². The minimum absolute atomic E-state index is 0.118. The number of hydrogen-bond donors (Lipinski definition) is 0. The zero-order chi connectivity index (χ0) is 20.3. The van der Waals surface area contributed by atoms with Gasteiger partial charge in [0, 0.05) is 11.8 Å². The monoisotopic (exact) mass is 439 g/mol. The minimum atomic E-state index is -0.453. The van der Waals surface area contributed by atoms with E-state index in [1.807, 2.05) is 37.5 Å². The molecule has 0 fully saturated rings. The molecule has 0 saturated carbocycles. The maximum atomic E-state index is 13.9. The molecule has 0 aliphatic carbocycles. The van der Waals surface area contributed by atoms with Crippen molar-refractivity contribution < 1.29 is 9.13 Å². The van der Waals surface area contributed by atoms with E-state index in [9.17, 15) is 4.39 Å². The summed E-state index contributed by atoms with van der Waals surface area (Å²) in [4.78, 5) is 0. The number of halogens is 3. The van der Waals surface area contributed by atoms with Crippen molar-refractivity contribution in [3.8, 4) is 5.75 Å². The van der Waals surface area contributed by atoms with Crippen molar-refractivity contribution in [3.05, 3.63) is 69.7 Å². The second-order valence-electron chi connectivity index (χ2n) is 6.53. The fourth-order valence-corrected chi connectivity index (χ4v) is 4.05. The molecule has 3 rings (SSSR count). The smallest absolute Gasteiger partial charge is 0.191 e. The molecule has 148 valence electrons. The Balaban J connectivity index is 1.79. The average Bonchev–Trinajstić information content (AvgIpc) is 3.09. The van der Waals surface area contributed by atoms with E-state index in [-0.39, 0.29) is 11.8 Å². The largest absolute Gasteiger partial charge is 0.480 e. The highest BCUT2D eigenvalue weighted by Gasteiger charge is 2.22. The molecule has 4 nitrogen and oxygen atoms in total. The van der Waals surface area contributed by atoms with Crippen LogP contribution < -0.4 is 4.74 Å². The van der Waals surface area contributed by atoms with Crippen LogP contribution in [-0.2, 0) is 5.75 Å². The first kappa shape index (κ1) is 21.0. The number of para-hydroxylation sites is 1. The Kier molecular flexibility index (Phi) is 6.86. The highest BCUT2D eigenvalue weighted by molar-refractivity contribution is 7.98. The average molecular weight is 440 g/mol. The first-order chi connectivity index (χ1) is 13.4. The summed E-state index contributed by atoms with van der Waals surface area (Å²) in [6.45, 7) is 5.93. The molecule has 0 bridgehead atoms. The van der Waals surface area contributed by atoms with Crippen molar-refractivity contribution in [1.82, 2.24) is 14.8 Å². The van der Waals surface area contributed by atoms with Crippen LogP contribution in [0, 0.1) is 5.82 Å². The van der Waals surface area contributed by atoms with Gasteiger partial charge in [-0.15, -0.1) is 10.2 Å². The van der Waals surface area contributed by atoms with Crippen molar-refractivity contribution in [1.29, 1.82) is 0 Å². The second kappa shape index (κ2) is 9.16. The lowest BCUT2D eigenvalue weighted by Gasteiger charge is -2.19. The quantitative estimate of drug-likeness (QED) is 0.382. The van der Waals surface area contributed by atoms with Crippen LogP contribution >= 0.6 is 35.0 Å². The number of nitrogens with zero attached hydrogens (tertiary/aromatic N) is 3. The number of aromatic nitrogens is 3. The van der Waals surface area contributed by atoms with Crippen molar-refractivity contribution in [3.63, 3.8) is 0 Å². The van der Waals surface area contributed by atoms with E-state index in [1.165, 1.54) is 6.07 Å². The highest BCUT2D eigenvalue weighted by atomic mass is 35.5. The highest BCUT2D eigenvalue weighted by Crippen LogP contribution is 2.31. The molecular formula is C20H20Cl2FN3OS. The number of rotatable bonds is 7. The van der Waals surface area contributed by atoms with Gasteiger partial charge in [-0.2, -0.15) is 0 Å². The fourth-order valence-electron chi connectivity index (χ4n) is 2.71. The van der Waals surface area contributed by atoms with Gasteiger partial charge in [-0.05, 0) is 50.6 Å².